The Kier molecular flexibility index (Phi) is 12.5. The molecule has 1 saturated heterocycles. The monoisotopic (exact) mass is 694 g/mol. The number of carbonyl (C=O) groups excluding carboxylic acids is 5. The molecule has 5 atom stereocenters. The number of amides is 5. The summed E-state index contributed by atoms with van der Waals surface area (Å²) < 4.78 is 25.7. The van der Waals surface area contributed by atoms with Gasteiger partial charge in [-0.1, -0.05) is 79.7 Å². The number of fused-ring (bicyclic) bond motifs is 1. The van der Waals surface area contributed by atoms with Crippen LogP contribution in [0.4, 0.5) is 4.79 Å². The minimum absolute atomic E-state index is 0.0596. The van der Waals surface area contributed by atoms with Crippen molar-refractivity contribution in [3.8, 4) is 0 Å². The average Bonchev–Trinajstić information content (AvgIpc) is 3.30. The van der Waals surface area contributed by atoms with Crippen molar-refractivity contribution in [3.05, 3.63) is 12.7 Å². The van der Waals surface area contributed by atoms with Crippen LogP contribution in [0, 0.1) is 22.7 Å². The third-order valence-electron chi connectivity index (χ3n) is 10.5. The Bertz CT molecular complexity index is 1350. The fourth-order valence-electron chi connectivity index (χ4n) is 7.47. The zero-order valence-corrected chi connectivity index (χ0v) is 30.9. The van der Waals surface area contributed by atoms with Gasteiger partial charge in [0.15, 0.2) is 0 Å². The summed E-state index contributed by atoms with van der Waals surface area (Å²) in [5.74, 6) is -2.54. The maximum Gasteiger partial charge on any atom is 0.315 e. The molecule has 3 rings (SSSR count). The van der Waals surface area contributed by atoms with Crippen molar-refractivity contribution >= 4 is 39.6 Å². The van der Waals surface area contributed by atoms with Crippen LogP contribution in [-0.2, 0) is 29.2 Å². The number of likely N-dealkylation sites (tertiary alicyclic amines) is 1. The van der Waals surface area contributed by atoms with Gasteiger partial charge in [0.1, 0.15) is 12.1 Å². The lowest BCUT2D eigenvalue weighted by Crippen LogP contribution is -2.64. The molecule has 1 aliphatic heterocycles. The molecule has 0 spiro atoms. The number of unbranched alkanes of at least 4 members (excludes halogenated alkanes) is 1. The van der Waals surface area contributed by atoms with E-state index in [2.05, 4.69) is 41.7 Å². The molecule has 2 saturated carbocycles. The van der Waals surface area contributed by atoms with Crippen molar-refractivity contribution in [2.45, 2.75) is 117 Å². The van der Waals surface area contributed by atoms with Crippen molar-refractivity contribution in [1.29, 1.82) is 0 Å². The highest BCUT2D eigenvalue weighted by Crippen LogP contribution is 2.65. The number of Topliss-reactive ketones (excluding diaryl/α,β-unsaturated/α-hetero) is 1. The number of carbonyl (C=O) groups is 5. The van der Waals surface area contributed by atoms with Crippen LogP contribution in [0.5, 0.6) is 0 Å². The van der Waals surface area contributed by atoms with Gasteiger partial charge in [0.05, 0.1) is 17.8 Å². The van der Waals surface area contributed by atoms with E-state index in [1.165, 1.54) is 22.3 Å². The maximum atomic E-state index is 14.4. The summed E-state index contributed by atoms with van der Waals surface area (Å²) in [4.78, 5) is 69.2. The first kappa shape index (κ1) is 39.4. The first-order chi connectivity index (χ1) is 22.2. The molecule has 272 valence electrons. The first-order valence-electron chi connectivity index (χ1n) is 17.2. The molecule has 14 heteroatoms. The van der Waals surface area contributed by atoms with Crippen LogP contribution in [0.1, 0.15) is 92.9 Å². The van der Waals surface area contributed by atoms with Crippen molar-refractivity contribution in [2.75, 3.05) is 32.9 Å². The maximum absolute atomic E-state index is 14.4. The predicted molar refractivity (Wildman–Crippen MR) is 184 cm³/mol. The number of hydrogen-bond acceptors (Lipinski definition) is 7. The number of piperidine rings is 1. The van der Waals surface area contributed by atoms with E-state index < -0.39 is 68.6 Å². The lowest BCUT2D eigenvalue weighted by molar-refractivity contribution is -0.145. The van der Waals surface area contributed by atoms with Crippen molar-refractivity contribution < 1.29 is 32.4 Å². The van der Waals surface area contributed by atoms with E-state index in [-0.39, 0.29) is 36.8 Å². The van der Waals surface area contributed by atoms with Crippen LogP contribution in [0.15, 0.2) is 12.7 Å². The number of hydrogen-bond donors (Lipinski definition) is 4. The number of urea groups is 1. The third-order valence-corrected chi connectivity index (χ3v) is 11.8. The molecule has 1 heterocycles. The molecule has 1 unspecified atom stereocenters. The highest BCUT2D eigenvalue weighted by Gasteiger charge is 2.70. The summed E-state index contributed by atoms with van der Waals surface area (Å²) >= 11 is 0. The van der Waals surface area contributed by atoms with Crippen molar-refractivity contribution in [2.24, 2.45) is 22.7 Å². The summed E-state index contributed by atoms with van der Waals surface area (Å²) in [7, 11) is -1.99. The van der Waals surface area contributed by atoms with Gasteiger partial charge in [0, 0.05) is 26.7 Å². The molecule has 4 N–H and O–H groups in total. The minimum Gasteiger partial charge on any atom is -0.346 e. The Morgan fingerprint density at radius 3 is 2.23 bits per heavy atom. The quantitative estimate of drug-likeness (QED) is 0.150. The van der Waals surface area contributed by atoms with E-state index in [1.54, 1.807) is 0 Å². The number of likely N-dealkylation sites (N-methyl/N-ethyl adjacent to an activating group) is 1. The van der Waals surface area contributed by atoms with Crippen molar-refractivity contribution in [3.63, 3.8) is 0 Å². The van der Waals surface area contributed by atoms with E-state index in [4.69, 9.17) is 0 Å². The summed E-state index contributed by atoms with van der Waals surface area (Å²) in [5.41, 5.74) is -1.74. The van der Waals surface area contributed by atoms with Crippen LogP contribution in [0.25, 0.3) is 0 Å². The summed E-state index contributed by atoms with van der Waals surface area (Å²) in [6, 6.07) is -3.51. The molecular formula is C34H58N6O7S. The predicted octanol–water partition coefficient (Wildman–Crippen LogP) is 2.32. The molecule has 0 aromatic rings. The summed E-state index contributed by atoms with van der Waals surface area (Å²) in [6.07, 6.45) is 8.10. The zero-order chi connectivity index (χ0) is 36.2. The second kappa shape index (κ2) is 15.3. The fourth-order valence-corrected chi connectivity index (χ4v) is 7.96. The van der Waals surface area contributed by atoms with Crippen LogP contribution in [0.3, 0.4) is 0 Å². The molecule has 0 radical (unpaired) electrons. The molecule has 3 fully saturated rings. The standard InChI is InChI=1S/C34H58N6O7S/c1-10-12-16-23(26(41)29(43)35-19-11-2)36-28(42)25-24-22(33(24,6)7)20-40(25)30(44)27(32(3,4)5)37-31(45)38-34(17-14-13-15-18-34)21-39(8)48(9,46)47/h11,22-25,27H,2,10,12-21H2,1,3-9H3,(H,35,43)(H,36,42)(H2,37,38,45)/t22-,23?,24-,25-,27+/m0/s1. The SMILES string of the molecule is C=CCNC(=O)C(=O)C(CCCC)NC(=O)[C@@H]1[C@@H]2[C@H](CN1C(=O)[C@@H](NC(=O)NC1(CN(C)S(C)(=O)=O)CCCCC1)C(C)(C)C)C2(C)C. The highest BCUT2D eigenvalue weighted by atomic mass is 32.2. The van der Waals surface area contributed by atoms with E-state index >= 15 is 0 Å². The molecular weight excluding hydrogens is 636 g/mol. The fraction of sp³-hybridized carbons (Fsp3) is 0.794. The molecule has 0 bridgehead atoms. The van der Waals surface area contributed by atoms with Gasteiger partial charge in [-0.15, -0.1) is 6.58 Å². The summed E-state index contributed by atoms with van der Waals surface area (Å²) in [5, 5.41) is 11.2. The van der Waals surface area contributed by atoms with Crippen LogP contribution in [-0.4, -0.2) is 104 Å². The Balaban J connectivity index is 1.84. The van der Waals surface area contributed by atoms with Crippen LogP contribution in [0.2, 0.25) is 0 Å². The van der Waals surface area contributed by atoms with Crippen LogP contribution >= 0.6 is 0 Å². The number of sulfonamides is 1. The lowest BCUT2D eigenvalue weighted by atomic mass is 9.81. The van der Waals surface area contributed by atoms with Gasteiger partial charge in [0.25, 0.3) is 5.91 Å². The molecule has 5 amide bonds. The molecule has 0 aromatic carbocycles. The largest absolute Gasteiger partial charge is 0.346 e. The summed E-state index contributed by atoms with van der Waals surface area (Å²) in [6.45, 7) is 15.7. The Morgan fingerprint density at radius 1 is 1.06 bits per heavy atom. The lowest BCUT2D eigenvalue weighted by Gasteiger charge is -2.42. The van der Waals surface area contributed by atoms with Gasteiger partial charge < -0.3 is 26.2 Å². The Labute approximate surface area is 286 Å². The van der Waals surface area contributed by atoms with E-state index in [9.17, 15) is 32.4 Å². The molecule has 13 nitrogen and oxygen atoms in total. The van der Waals surface area contributed by atoms with E-state index in [1.807, 2.05) is 27.7 Å². The Morgan fingerprint density at radius 2 is 1.69 bits per heavy atom. The van der Waals surface area contributed by atoms with Gasteiger partial charge in [0.2, 0.25) is 27.6 Å². The van der Waals surface area contributed by atoms with Crippen LogP contribution < -0.4 is 21.3 Å². The normalized spacial score (nSPS) is 24.1. The second-order valence-corrected chi connectivity index (χ2v) is 17.8. The van der Waals surface area contributed by atoms with Gasteiger partial charge in [-0.3, -0.25) is 19.2 Å². The topological polar surface area (TPSA) is 174 Å². The van der Waals surface area contributed by atoms with Gasteiger partial charge >= 0.3 is 6.03 Å². The number of nitrogens with one attached hydrogen (secondary N) is 4. The molecule has 3 aliphatic rings. The number of rotatable bonds is 15. The molecule has 0 aromatic heterocycles. The first-order valence-corrected chi connectivity index (χ1v) is 19.1. The average molecular weight is 695 g/mol. The minimum atomic E-state index is -3.48. The molecule has 48 heavy (non-hydrogen) atoms. The van der Waals surface area contributed by atoms with Gasteiger partial charge in [-0.25, -0.2) is 17.5 Å². The smallest absolute Gasteiger partial charge is 0.315 e. The highest BCUT2D eigenvalue weighted by molar-refractivity contribution is 7.88. The van der Waals surface area contributed by atoms with Gasteiger partial charge in [-0.05, 0) is 41.9 Å². The Hall–Kier alpha value is -3.00. The zero-order valence-electron chi connectivity index (χ0n) is 30.1. The molecule has 2 aliphatic carbocycles. The second-order valence-electron chi connectivity index (χ2n) is 15.7. The van der Waals surface area contributed by atoms with Gasteiger partial charge in [-0.2, -0.15) is 0 Å². The third kappa shape index (κ3) is 9.16. The number of ketones is 1. The number of nitrogens with zero attached hydrogens (tertiary/aromatic N) is 2. The van der Waals surface area contributed by atoms with Crippen molar-refractivity contribution in [1.82, 2.24) is 30.5 Å². The van der Waals surface area contributed by atoms with E-state index in [0.717, 1.165) is 31.9 Å². The van der Waals surface area contributed by atoms with E-state index in [0.29, 0.717) is 25.8 Å².